The van der Waals surface area contributed by atoms with Gasteiger partial charge in [-0.05, 0) is 38.0 Å². The third-order valence-corrected chi connectivity index (χ3v) is 3.35. The highest BCUT2D eigenvalue weighted by atomic mass is 16.7. The minimum Gasteiger partial charge on any atom is -0.454 e. The summed E-state index contributed by atoms with van der Waals surface area (Å²) in [6.07, 6.45) is 0.865. The van der Waals surface area contributed by atoms with Crippen LogP contribution in [0.25, 0.3) is 0 Å². The fourth-order valence-corrected chi connectivity index (χ4v) is 2.13. The van der Waals surface area contributed by atoms with Gasteiger partial charge in [-0.1, -0.05) is 6.07 Å². The van der Waals surface area contributed by atoms with Crippen molar-refractivity contribution in [2.75, 3.05) is 26.6 Å². The van der Waals surface area contributed by atoms with E-state index >= 15 is 0 Å². The van der Waals surface area contributed by atoms with Gasteiger partial charge in [0.15, 0.2) is 17.3 Å². The Morgan fingerprint density at radius 2 is 1.85 bits per heavy atom. The zero-order chi connectivity index (χ0) is 14.0. The van der Waals surface area contributed by atoms with Crippen LogP contribution in [0, 0.1) is 0 Å². The van der Waals surface area contributed by atoms with Gasteiger partial charge in [-0.3, -0.25) is 4.99 Å². The normalized spacial score (nSPS) is 20.0. The lowest BCUT2D eigenvalue weighted by atomic mass is 10.1. The molecule has 2 aliphatic heterocycles. The van der Waals surface area contributed by atoms with Gasteiger partial charge in [0.25, 0.3) is 0 Å². The van der Waals surface area contributed by atoms with Gasteiger partial charge in [0, 0.05) is 6.54 Å². The largest absolute Gasteiger partial charge is 0.454 e. The van der Waals surface area contributed by atoms with Crippen LogP contribution in [0.5, 0.6) is 11.5 Å². The van der Waals surface area contributed by atoms with Crippen LogP contribution in [0.3, 0.4) is 0 Å². The first-order valence-electron chi connectivity index (χ1n) is 6.81. The molecule has 0 radical (unpaired) electrons. The van der Waals surface area contributed by atoms with Gasteiger partial charge < -0.3 is 18.9 Å². The quantitative estimate of drug-likeness (QED) is 0.849. The maximum absolute atomic E-state index is 5.55. The highest BCUT2D eigenvalue weighted by Crippen LogP contribution is 2.32. The van der Waals surface area contributed by atoms with Gasteiger partial charge in [0.2, 0.25) is 6.79 Å². The number of ether oxygens (including phenoxy) is 4. The van der Waals surface area contributed by atoms with Crippen molar-refractivity contribution < 1.29 is 18.9 Å². The van der Waals surface area contributed by atoms with Crippen LogP contribution in [0.1, 0.15) is 19.4 Å². The zero-order valence-electron chi connectivity index (χ0n) is 11.8. The average molecular weight is 277 g/mol. The molecule has 1 saturated heterocycles. The van der Waals surface area contributed by atoms with Crippen LogP contribution in [0.15, 0.2) is 23.2 Å². The summed E-state index contributed by atoms with van der Waals surface area (Å²) in [5, 5.41) is 0. The number of nitrogens with zero attached hydrogens (tertiary/aromatic N) is 1. The van der Waals surface area contributed by atoms with Crippen LogP contribution in [0.4, 0.5) is 0 Å². The van der Waals surface area contributed by atoms with Crippen molar-refractivity contribution in [2.45, 2.75) is 26.1 Å². The lowest BCUT2D eigenvalue weighted by Gasteiger charge is -2.30. The Labute approximate surface area is 118 Å². The summed E-state index contributed by atoms with van der Waals surface area (Å²) in [5.41, 5.74) is 2.15. The molecule has 0 atom stereocenters. The molecule has 108 valence electrons. The molecule has 3 rings (SSSR count). The Hall–Kier alpha value is -1.59. The first-order chi connectivity index (χ1) is 9.62. The van der Waals surface area contributed by atoms with Gasteiger partial charge in [-0.15, -0.1) is 0 Å². The first-order valence-corrected chi connectivity index (χ1v) is 6.81. The monoisotopic (exact) mass is 277 g/mol. The van der Waals surface area contributed by atoms with Crippen molar-refractivity contribution in [1.29, 1.82) is 0 Å². The number of hydrogen-bond acceptors (Lipinski definition) is 5. The van der Waals surface area contributed by atoms with Crippen molar-refractivity contribution >= 4 is 5.71 Å². The van der Waals surface area contributed by atoms with Gasteiger partial charge in [-0.25, -0.2) is 0 Å². The Morgan fingerprint density at radius 1 is 1.10 bits per heavy atom. The summed E-state index contributed by atoms with van der Waals surface area (Å²) >= 11 is 0. The number of fused-ring (bicyclic) bond motifs is 1. The highest BCUT2D eigenvalue weighted by Gasteiger charge is 2.25. The zero-order valence-corrected chi connectivity index (χ0v) is 11.8. The van der Waals surface area contributed by atoms with Crippen LogP contribution >= 0.6 is 0 Å². The SMILES string of the molecule is CC1(C)OCC(=NCCc2ccc3c(c2)OCO3)CO1. The minimum absolute atomic E-state index is 0.311. The number of hydrogen-bond donors (Lipinski definition) is 0. The van der Waals surface area contributed by atoms with Crippen LogP contribution < -0.4 is 9.47 Å². The van der Waals surface area contributed by atoms with E-state index in [9.17, 15) is 0 Å². The van der Waals surface area contributed by atoms with E-state index in [1.165, 1.54) is 5.56 Å². The van der Waals surface area contributed by atoms with Crippen LogP contribution in [-0.2, 0) is 15.9 Å². The van der Waals surface area contributed by atoms with Crippen molar-refractivity contribution in [2.24, 2.45) is 4.99 Å². The molecule has 20 heavy (non-hydrogen) atoms. The first kappa shape index (κ1) is 13.4. The van der Waals surface area contributed by atoms with E-state index < -0.39 is 5.79 Å². The van der Waals surface area contributed by atoms with E-state index in [1.54, 1.807) is 0 Å². The van der Waals surface area contributed by atoms with Crippen LogP contribution in [0.2, 0.25) is 0 Å². The summed E-state index contributed by atoms with van der Waals surface area (Å²) < 4.78 is 21.8. The molecule has 1 aromatic rings. The predicted molar refractivity (Wildman–Crippen MR) is 74.6 cm³/mol. The lowest BCUT2D eigenvalue weighted by Crippen LogP contribution is -2.39. The minimum atomic E-state index is -0.490. The third kappa shape index (κ3) is 3.11. The summed E-state index contributed by atoms with van der Waals surface area (Å²) in [6, 6.07) is 6.00. The van der Waals surface area contributed by atoms with Gasteiger partial charge >= 0.3 is 0 Å². The summed E-state index contributed by atoms with van der Waals surface area (Å²) in [6.45, 7) is 5.96. The van der Waals surface area contributed by atoms with E-state index in [4.69, 9.17) is 18.9 Å². The molecule has 2 aliphatic rings. The fourth-order valence-electron chi connectivity index (χ4n) is 2.13. The van der Waals surface area contributed by atoms with Crippen molar-refractivity contribution in [3.05, 3.63) is 23.8 Å². The van der Waals surface area contributed by atoms with E-state index in [0.717, 1.165) is 30.2 Å². The molecule has 0 spiro atoms. The molecular weight excluding hydrogens is 258 g/mol. The maximum Gasteiger partial charge on any atom is 0.231 e. The topological polar surface area (TPSA) is 49.3 Å². The second-order valence-electron chi connectivity index (χ2n) is 5.36. The summed E-state index contributed by atoms with van der Waals surface area (Å²) in [5.74, 6) is 1.15. The highest BCUT2D eigenvalue weighted by molar-refractivity contribution is 5.87. The Bertz CT molecular complexity index is 513. The molecular formula is C15H19NO4. The van der Waals surface area contributed by atoms with E-state index in [2.05, 4.69) is 4.99 Å². The van der Waals surface area contributed by atoms with Crippen molar-refractivity contribution in [1.82, 2.24) is 0 Å². The van der Waals surface area contributed by atoms with Crippen LogP contribution in [-0.4, -0.2) is 38.1 Å². The Kier molecular flexibility index (Phi) is 3.63. The molecule has 0 bridgehead atoms. The van der Waals surface area contributed by atoms with E-state index in [-0.39, 0.29) is 0 Å². The van der Waals surface area contributed by atoms with Gasteiger partial charge in [0.1, 0.15) is 0 Å². The molecule has 0 amide bonds. The summed E-state index contributed by atoms with van der Waals surface area (Å²) in [7, 11) is 0. The molecule has 2 heterocycles. The Balaban J connectivity index is 1.53. The van der Waals surface area contributed by atoms with Gasteiger partial charge in [-0.2, -0.15) is 0 Å². The van der Waals surface area contributed by atoms with Gasteiger partial charge in [0.05, 0.1) is 18.9 Å². The second-order valence-corrected chi connectivity index (χ2v) is 5.36. The summed E-state index contributed by atoms with van der Waals surface area (Å²) in [4.78, 5) is 4.53. The second kappa shape index (κ2) is 5.42. The average Bonchev–Trinajstić information content (AvgIpc) is 2.88. The third-order valence-electron chi connectivity index (χ3n) is 3.35. The maximum atomic E-state index is 5.55. The molecule has 0 saturated carbocycles. The molecule has 5 nitrogen and oxygen atoms in total. The molecule has 0 aliphatic carbocycles. The Morgan fingerprint density at radius 3 is 2.65 bits per heavy atom. The smallest absolute Gasteiger partial charge is 0.231 e. The number of benzene rings is 1. The molecule has 0 N–H and O–H groups in total. The molecule has 5 heteroatoms. The molecule has 0 unspecified atom stereocenters. The molecule has 0 aromatic heterocycles. The van der Waals surface area contributed by atoms with Crippen molar-refractivity contribution in [3.8, 4) is 11.5 Å². The molecule has 1 fully saturated rings. The number of aliphatic imine (C=N–C) groups is 1. The lowest BCUT2D eigenvalue weighted by molar-refractivity contribution is -0.210. The van der Waals surface area contributed by atoms with Crippen molar-refractivity contribution in [3.63, 3.8) is 0 Å². The fraction of sp³-hybridized carbons (Fsp3) is 0.533. The standard InChI is InChI=1S/C15H19NO4/c1-15(2)19-8-12(9-20-15)16-6-5-11-3-4-13-14(7-11)18-10-17-13/h3-4,7H,5-6,8-10H2,1-2H3. The molecule has 1 aromatic carbocycles. The van der Waals surface area contributed by atoms with E-state index in [1.807, 2.05) is 32.0 Å². The van der Waals surface area contributed by atoms with E-state index in [0.29, 0.717) is 20.0 Å². The number of rotatable bonds is 3. The predicted octanol–water partition coefficient (Wildman–Crippen LogP) is 2.18.